The SMILES string of the molecule is O=C(NCc1ccc(CO)cc1)[C@@H]1Cc2ccccc2N1. The first-order valence-electron chi connectivity index (χ1n) is 7.07. The minimum absolute atomic E-state index is 0.0115. The second-order valence-electron chi connectivity index (χ2n) is 5.25. The number of aliphatic hydroxyl groups excluding tert-OH is 1. The number of carbonyl (C=O) groups excluding carboxylic acids is 1. The topological polar surface area (TPSA) is 61.4 Å². The van der Waals surface area contributed by atoms with E-state index in [0.29, 0.717) is 6.54 Å². The summed E-state index contributed by atoms with van der Waals surface area (Å²) in [5, 5.41) is 15.2. The Morgan fingerprint density at radius 3 is 2.57 bits per heavy atom. The molecule has 1 atom stereocenters. The summed E-state index contributed by atoms with van der Waals surface area (Å²) in [6.45, 7) is 0.538. The van der Waals surface area contributed by atoms with Gasteiger partial charge in [0.05, 0.1) is 6.61 Å². The van der Waals surface area contributed by atoms with Gasteiger partial charge in [0.15, 0.2) is 0 Å². The van der Waals surface area contributed by atoms with Gasteiger partial charge in [-0.05, 0) is 22.8 Å². The third-order valence-electron chi connectivity index (χ3n) is 3.76. The molecule has 2 aromatic carbocycles. The standard InChI is InChI=1S/C17H18N2O2/c20-11-13-7-5-12(6-8-13)10-18-17(21)16-9-14-3-1-2-4-15(14)19-16/h1-8,16,19-20H,9-11H2,(H,18,21)/t16-/m0/s1. The highest BCUT2D eigenvalue weighted by molar-refractivity contribution is 5.87. The lowest BCUT2D eigenvalue weighted by Gasteiger charge is -2.12. The predicted octanol–water partition coefficient (Wildman–Crippen LogP) is 1.83. The molecule has 0 saturated carbocycles. The van der Waals surface area contributed by atoms with Gasteiger partial charge in [-0.1, -0.05) is 42.5 Å². The molecule has 1 amide bonds. The molecule has 0 unspecified atom stereocenters. The average molecular weight is 282 g/mol. The summed E-state index contributed by atoms with van der Waals surface area (Å²) in [7, 11) is 0. The molecule has 0 radical (unpaired) electrons. The molecule has 0 aromatic heterocycles. The van der Waals surface area contributed by atoms with Crippen molar-refractivity contribution >= 4 is 11.6 Å². The van der Waals surface area contributed by atoms with E-state index in [2.05, 4.69) is 10.6 Å². The second kappa shape index (κ2) is 5.97. The molecule has 0 fully saturated rings. The lowest BCUT2D eigenvalue weighted by atomic mass is 10.1. The molecule has 3 rings (SSSR count). The van der Waals surface area contributed by atoms with Crippen molar-refractivity contribution in [2.24, 2.45) is 0 Å². The molecule has 108 valence electrons. The van der Waals surface area contributed by atoms with Crippen molar-refractivity contribution in [2.75, 3.05) is 5.32 Å². The molecule has 0 aliphatic carbocycles. The van der Waals surface area contributed by atoms with E-state index in [-0.39, 0.29) is 18.6 Å². The number of rotatable bonds is 4. The number of para-hydroxylation sites is 1. The molecule has 1 aliphatic heterocycles. The van der Waals surface area contributed by atoms with Crippen LogP contribution in [0.2, 0.25) is 0 Å². The monoisotopic (exact) mass is 282 g/mol. The normalized spacial score (nSPS) is 16.1. The summed E-state index contributed by atoms with van der Waals surface area (Å²) in [6, 6.07) is 15.4. The number of fused-ring (bicyclic) bond motifs is 1. The number of hydrogen-bond donors (Lipinski definition) is 3. The van der Waals surface area contributed by atoms with Crippen molar-refractivity contribution in [3.05, 3.63) is 65.2 Å². The van der Waals surface area contributed by atoms with Crippen LogP contribution in [0.4, 0.5) is 5.69 Å². The summed E-state index contributed by atoms with van der Waals surface area (Å²) in [5.74, 6) is 0.0115. The third kappa shape index (κ3) is 3.06. The minimum Gasteiger partial charge on any atom is -0.392 e. The van der Waals surface area contributed by atoms with Crippen molar-refractivity contribution in [3.63, 3.8) is 0 Å². The summed E-state index contributed by atoms with van der Waals surface area (Å²) in [5.41, 5.74) is 4.13. The first-order chi connectivity index (χ1) is 10.3. The maximum atomic E-state index is 12.2. The lowest BCUT2D eigenvalue weighted by molar-refractivity contribution is -0.121. The average Bonchev–Trinajstić information content (AvgIpc) is 2.97. The Balaban J connectivity index is 1.55. The van der Waals surface area contributed by atoms with E-state index in [1.165, 1.54) is 5.56 Å². The van der Waals surface area contributed by atoms with Crippen LogP contribution in [0.5, 0.6) is 0 Å². The fourth-order valence-electron chi connectivity index (χ4n) is 2.53. The maximum Gasteiger partial charge on any atom is 0.243 e. The Kier molecular flexibility index (Phi) is 3.88. The van der Waals surface area contributed by atoms with Gasteiger partial charge >= 0.3 is 0 Å². The van der Waals surface area contributed by atoms with Crippen LogP contribution in [-0.4, -0.2) is 17.1 Å². The minimum atomic E-state index is -0.195. The van der Waals surface area contributed by atoms with E-state index in [1.807, 2.05) is 48.5 Å². The summed E-state index contributed by atoms with van der Waals surface area (Å²) >= 11 is 0. The largest absolute Gasteiger partial charge is 0.392 e. The molecule has 4 heteroatoms. The van der Waals surface area contributed by atoms with Crippen LogP contribution in [0.1, 0.15) is 16.7 Å². The molecule has 0 bridgehead atoms. The quantitative estimate of drug-likeness (QED) is 0.802. The molecule has 0 spiro atoms. The van der Waals surface area contributed by atoms with E-state index >= 15 is 0 Å². The van der Waals surface area contributed by atoms with E-state index in [0.717, 1.165) is 23.2 Å². The molecular formula is C17H18N2O2. The Hall–Kier alpha value is -2.33. The van der Waals surface area contributed by atoms with Gasteiger partial charge in [-0.3, -0.25) is 4.79 Å². The van der Waals surface area contributed by atoms with Gasteiger partial charge in [0, 0.05) is 18.7 Å². The number of aliphatic hydroxyl groups is 1. The van der Waals surface area contributed by atoms with Crippen molar-refractivity contribution < 1.29 is 9.90 Å². The number of benzene rings is 2. The predicted molar refractivity (Wildman–Crippen MR) is 81.8 cm³/mol. The molecule has 1 heterocycles. The second-order valence-corrected chi connectivity index (χ2v) is 5.25. The zero-order chi connectivity index (χ0) is 14.7. The Labute approximate surface area is 123 Å². The summed E-state index contributed by atoms with van der Waals surface area (Å²) < 4.78 is 0. The lowest BCUT2D eigenvalue weighted by Crippen LogP contribution is -2.38. The number of hydrogen-bond acceptors (Lipinski definition) is 3. The summed E-state index contributed by atoms with van der Waals surface area (Å²) in [6.07, 6.45) is 0.728. The molecule has 3 N–H and O–H groups in total. The molecule has 0 saturated heterocycles. The van der Waals surface area contributed by atoms with E-state index < -0.39 is 0 Å². The van der Waals surface area contributed by atoms with Gasteiger partial charge in [0.1, 0.15) is 6.04 Å². The fraction of sp³-hybridized carbons (Fsp3) is 0.235. The fourth-order valence-corrected chi connectivity index (χ4v) is 2.53. The van der Waals surface area contributed by atoms with E-state index in [9.17, 15) is 4.79 Å². The number of carbonyl (C=O) groups is 1. The van der Waals surface area contributed by atoms with E-state index in [1.54, 1.807) is 0 Å². The molecule has 21 heavy (non-hydrogen) atoms. The van der Waals surface area contributed by atoms with Crippen LogP contribution < -0.4 is 10.6 Å². The van der Waals surface area contributed by atoms with Crippen LogP contribution in [0.25, 0.3) is 0 Å². The smallest absolute Gasteiger partial charge is 0.243 e. The van der Waals surface area contributed by atoms with Crippen molar-refractivity contribution in [2.45, 2.75) is 25.6 Å². The van der Waals surface area contributed by atoms with E-state index in [4.69, 9.17) is 5.11 Å². The molecular weight excluding hydrogens is 264 g/mol. The van der Waals surface area contributed by atoms with Gasteiger partial charge in [-0.15, -0.1) is 0 Å². The van der Waals surface area contributed by atoms with Gasteiger partial charge in [0.25, 0.3) is 0 Å². The van der Waals surface area contributed by atoms with Crippen molar-refractivity contribution in [3.8, 4) is 0 Å². The highest BCUT2D eigenvalue weighted by Crippen LogP contribution is 2.25. The van der Waals surface area contributed by atoms with Crippen molar-refractivity contribution in [1.82, 2.24) is 5.32 Å². The van der Waals surface area contributed by atoms with Gasteiger partial charge in [-0.25, -0.2) is 0 Å². The Bertz CT molecular complexity index is 612. The van der Waals surface area contributed by atoms with Crippen LogP contribution >= 0.6 is 0 Å². The van der Waals surface area contributed by atoms with Gasteiger partial charge < -0.3 is 15.7 Å². The molecule has 4 nitrogen and oxygen atoms in total. The zero-order valence-electron chi connectivity index (χ0n) is 11.7. The molecule has 2 aromatic rings. The third-order valence-corrected chi connectivity index (χ3v) is 3.76. The van der Waals surface area contributed by atoms with Gasteiger partial charge in [0.2, 0.25) is 5.91 Å². The Morgan fingerprint density at radius 1 is 1.14 bits per heavy atom. The van der Waals surface area contributed by atoms with Gasteiger partial charge in [-0.2, -0.15) is 0 Å². The van der Waals surface area contributed by atoms with Crippen LogP contribution in [0, 0.1) is 0 Å². The number of amides is 1. The molecule has 1 aliphatic rings. The van der Waals surface area contributed by atoms with Crippen LogP contribution in [0.15, 0.2) is 48.5 Å². The zero-order valence-corrected chi connectivity index (χ0v) is 11.7. The summed E-state index contributed by atoms with van der Waals surface area (Å²) in [4.78, 5) is 12.2. The first-order valence-corrected chi connectivity index (χ1v) is 7.07. The Morgan fingerprint density at radius 2 is 1.86 bits per heavy atom. The van der Waals surface area contributed by atoms with Crippen LogP contribution in [0.3, 0.4) is 0 Å². The maximum absolute atomic E-state index is 12.2. The first kappa shape index (κ1) is 13.6. The number of nitrogens with one attached hydrogen (secondary N) is 2. The highest BCUT2D eigenvalue weighted by atomic mass is 16.3. The highest BCUT2D eigenvalue weighted by Gasteiger charge is 2.25. The van der Waals surface area contributed by atoms with Crippen LogP contribution in [-0.2, 0) is 24.4 Å². The number of anilines is 1. The van der Waals surface area contributed by atoms with Crippen molar-refractivity contribution in [1.29, 1.82) is 0 Å².